The van der Waals surface area contributed by atoms with Gasteiger partial charge in [0, 0.05) is 19.5 Å². The molecule has 0 aliphatic carbocycles. The third-order valence-corrected chi connectivity index (χ3v) is 6.41. The highest BCUT2D eigenvalue weighted by Crippen LogP contribution is 2.14. The Kier molecular flexibility index (Phi) is 24.3. The molecule has 0 aliphatic heterocycles. The Morgan fingerprint density at radius 2 is 0.733 bits per heavy atom. The van der Waals surface area contributed by atoms with Crippen molar-refractivity contribution in [3.05, 3.63) is 0 Å². The van der Waals surface area contributed by atoms with Gasteiger partial charge in [0.2, 0.25) is 5.91 Å². The Labute approximate surface area is 191 Å². The molecule has 0 rings (SSSR count). The first-order valence-electron chi connectivity index (χ1n) is 14.0. The Bertz CT molecular complexity index is 330. The molecule has 0 saturated heterocycles. The first-order chi connectivity index (χ1) is 14.8. The summed E-state index contributed by atoms with van der Waals surface area (Å²) < 4.78 is 0. The van der Waals surface area contributed by atoms with Gasteiger partial charge in [-0.25, -0.2) is 0 Å². The molecule has 2 nitrogen and oxygen atoms in total. The van der Waals surface area contributed by atoms with Gasteiger partial charge in [-0.2, -0.15) is 0 Å². The summed E-state index contributed by atoms with van der Waals surface area (Å²) in [4.78, 5) is 14.9. The number of rotatable bonds is 24. The predicted molar refractivity (Wildman–Crippen MR) is 135 cm³/mol. The minimum absolute atomic E-state index is 0.422. The molecule has 0 aromatic heterocycles. The number of nitrogens with zero attached hydrogens (tertiary/aromatic N) is 1. The molecule has 0 atom stereocenters. The van der Waals surface area contributed by atoms with Crippen LogP contribution in [0.15, 0.2) is 0 Å². The molecule has 0 fully saturated rings. The maximum Gasteiger partial charge on any atom is 0.222 e. The lowest BCUT2D eigenvalue weighted by molar-refractivity contribution is -0.131. The van der Waals surface area contributed by atoms with Crippen molar-refractivity contribution in [1.29, 1.82) is 0 Å². The number of carbonyl (C=O) groups excluding carboxylic acids is 1. The zero-order valence-electron chi connectivity index (χ0n) is 21.3. The van der Waals surface area contributed by atoms with E-state index in [4.69, 9.17) is 0 Å². The highest BCUT2D eigenvalue weighted by Gasteiger charge is 2.12. The van der Waals surface area contributed by atoms with Gasteiger partial charge in [0.25, 0.3) is 0 Å². The number of carbonyl (C=O) groups is 1. The van der Waals surface area contributed by atoms with Crippen LogP contribution in [0.1, 0.15) is 162 Å². The highest BCUT2D eigenvalue weighted by molar-refractivity contribution is 5.76. The van der Waals surface area contributed by atoms with Crippen LogP contribution in [0.2, 0.25) is 0 Å². The van der Waals surface area contributed by atoms with Gasteiger partial charge in [-0.1, -0.05) is 136 Å². The van der Waals surface area contributed by atoms with E-state index in [-0.39, 0.29) is 0 Å². The van der Waals surface area contributed by atoms with Crippen molar-refractivity contribution in [2.24, 2.45) is 0 Å². The Morgan fingerprint density at radius 1 is 0.433 bits per heavy atom. The average molecular weight is 424 g/mol. The molecule has 0 bridgehead atoms. The zero-order chi connectivity index (χ0) is 22.1. The molecule has 1 amide bonds. The molecule has 0 heterocycles. The molecular weight excluding hydrogens is 366 g/mol. The topological polar surface area (TPSA) is 20.3 Å². The minimum Gasteiger partial charge on any atom is -0.343 e. The monoisotopic (exact) mass is 423 g/mol. The van der Waals surface area contributed by atoms with Crippen LogP contribution in [-0.2, 0) is 4.79 Å². The first-order valence-corrected chi connectivity index (χ1v) is 14.0. The summed E-state index contributed by atoms with van der Waals surface area (Å²) in [6, 6.07) is 0. The van der Waals surface area contributed by atoms with Crippen LogP contribution >= 0.6 is 0 Å². The second-order valence-corrected chi connectivity index (χ2v) is 9.49. The van der Waals surface area contributed by atoms with E-state index in [0.29, 0.717) is 5.91 Å². The minimum atomic E-state index is 0.422. The Morgan fingerprint density at radius 3 is 1.10 bits per heavy atom. The quantitative estimate of drug-likeness (QED) is 0.141. The molecule has 0 radical (unpaired) electrons. The molecule has 0 aromatic rings. The fourth-order valence-electron chi connectivity index (χ4n) is 4.27. The number of amides is 1. The van der Waals surface area contributed by atoms with E-state index < -0.39 is 0 Å². The van der Waals surface area contributed by atoms with Crippen molar-refractivity contribution in [1.82, 2.24) is 4.90 Å². The third-order valence-electron chi connectivity index (χ3n) is 6.41. The SMILES string of the molecule is CCCCCCCCCCCCCCCC(=O)N(CCCCCC)CCCCCC. The first kappa shape index (κ1) is 29.5. The molecule has 0 saturated carbocycles. The van der Waals surface area contributed by atoms with Crippen molar-refractivity contribution < 1.29 is 4.79 Å². The third kappa shape index (κ3) is 20.7. The zero-order valence-corrected chi connectivity index (χ0v) is 21.3. The van der Waals surface area contributed by atoms with Crippen LogP contribution in [0.3, 0.4) is 0 Å². The van der Waals surface area contributed by atoms with E-state index in [0.717, 1.165) is 25.9 Å². The largest absolute Gasteiger partial charge is 0.343 e. The second-order valence-electron chi connectivity index (χ2n) is 9.49. The molecule has 0 aliphatic rings. The average Bonchev–Trinajstić information content (AvgIpc) is 2.75. The summed E-state index contributed by atoms with van der Waals surface area (Å²) in [5.74, 6) is 0.422. The lowest BCUT2D eigenvalue weighted by Crippen LogP contribution is -2.32. The van der Waals surface area contributed by atoms with Crippen molar-refractivity contribution in [3.63, 3.8) is 0 Å². The molecule has 0 aromatic carbocycles. The second kappa shape index (κ2) is 24.7. The highest BCUT2D eigenvalue weighted by atomic mass is 16.2. The van der Waals surface area contributed by atoms with Crippen molar-refractivity contribution in [3.8, 4) is 0 Å². The molecule has 30 heavy (non-hydrogen) atoms. The van der Waals surface area contributed by atoms with Gasteiger partial charge < -0.3 is 4.90 Å². The molecule has 0 spiro atoms. The van der Waals surface area contributed by atoms with Crippen LogP contribution in [0.4, 0.5) is 0 Å². The van der Waals surface area contributed by atoms with Gasteiger partial charge in [0.15, 0.2) is 0 Å². The lowest BCUT2D eigenvalue weighted by Gasteiger charge is -2.23. The van der Waals surface area contributed by atoms with E-state index in [2.05, 4.69) is 25.7 Å². The number of unbranched alkanes of at least 4 members (excludes halogenated alkanes) is 18. The van der Waals surface area contributed by atoms with Crippen LogP contribution < -0.4 is 0 Å². The molecular formula is C28H57NO. The molecule has 0 N–H and O–H groups in total. The lowest BCUT2D eigenvalue weighted by atomic mass is 10.0. The normalized spacial score (nSPS) is 11.2. The van der Waals surface area contributed by atoms with E-state index in [9.17, 15) is 4.79 Å². The summed E-state index contributed by atoms with van der Waals surface area (Å²) in [5.41, 5.74) is 0. The molecule has 180 valence electrons. The number of hydrogen-bond acceptors (Lipinski definition) is 1. The molecule has 0 unspecified atom stereocenters. The van der Waals surface area contributed by atoms with E-state index in [1.54, 1.807) is 0 Å². The van der Waals surface area contributed by atoms with Crippen LogP contribution in [0, 0.1) is 0 Å². The van der Waals surface area contributed by atoms with Crippen molar-refractivity contribution in [2.75, 3.05) is 13.1 Å². The van der Waals surface area contributed by atoms with Gasteiger partial charge in [-0.3, -0.25) is 4.79 Å². The fourth-order valence-corrected chi connectivity index (χ4v) is 4.27. The number of hydrogen-bond donors (Lipinski definition) is 0. The van der Waals surface area contributed by atoms with Crippen LogP contribution in [-0.4, -0.2) is 23.9 Å². The van der Waals surface area contributed by atoms with E-state index in [1.807, 2.05) is 0 Å². The Balaban J connectivity index is 3.70. The maximum absolute atomic E-state index is 12.7. The summed E-state index contributed by atoms with van der Waals surface area (Å²) in [5, 5.41) is 0. The van der Waals surface area contributed by atoms with Crippen LogP contribution in [0.5, 0.6) is 0 Å². The van der Waals surface area contributed by atoms with Crippen LogP contribution in [0.25, 0.3) is 0 Å². The summed E-state index contributed by atoms with van der Waals surface area (Å²) in [7, 11) is 0. The van der Waals surface area contributed by atoms with Gasteiger partial charge >= 0.3 is 0 Å². The standard InChI is InChI=1S/C28H57NO/c1-4-7-10-13-14-15-16-17-18-19-20-21-22-25-28(30)29(26-23-11-8-5-2)27-24-12-9-6-3/h4-27H2,1-3H3. The van der Waals surface area contributed by atoms with Gasteiger partial charge in [-0.05, 0) is 19.3 Å². The summed E-state index contributed by atoms with van der Waals surface area (Å²) in [6.45, 7) is 8.77. The van der Waals surface area contributed by atoms with E-state index in [1.165, 1.54) is 128 Å². The smallest absolute Gasteiger partial charge is 0.222 e. The summed E-state index contributed by atoms with van der Waals surface area (Å²) >= 11 is 0. The van der Waals surface area contributed by atoms with Gasteiger partial charge in [0.1, 0.15) is 0 Å². The van der Waals surface area contributed by atoms with Gasteiger partial charge in [0.05, 0.1) is 0 Å². The van der Waals surface area contributed by atoms with Crippen molar-refractivity contribution in [2.45, 2.75) is 162 Å². The maximum atomic E-state index is 12.7. The van der Waals surface area contributed by atoms with Crippen molar-refractivity contribution >= 4 is 5.91 Å². The predicted octanol–water partition coefficient (Wildman–Crippen LogP) is 9.46. The Hall–Kier alpha value is -0.530. The van der Waals surface area contributed by atoms with Gasteiger partial charge in [-0.15, -0.1) is 0 Å². The fraction of sp³-hybridized carbons (Fsp3) is 0.964. The van der Waals surface area contributed by atoms with E-state index >= 15 is 0 Å². The summed E-state index contributed by atoms with van der Waals surface area (Å²) in [6.07, 6.45) is 28.6. The molecule has 2 heteroatoms.